The molecular formula is C12H14ClN3O. The molecule has 0 radical (unpaired) electrons. The molecule has 17 heavy (non-hydrogen) atoms. The van der Waals surface area contributed by atoms with Gasteiger partial charge in [-0.15, -0.1) is 0 Å². The van der Waals surface area contributed by atoms with E-state index >= 15 is 0 Å². The lowest BCUT2D eigenvalue weighted by atomic mass is 10.3. The van der Waals surface area contributed by atoms with E-state index in [1.165, 1.54) is 4.68 Å². The van der Waals surface area contributed by atoms with Crippen LogP contribution in [0.25, 0.3) is 5.69 Å². The van der Waals surface area contributed by atoms with Crippen molar-refractivity contribution in [3.8, 4) is 5.69 Å². The lowest BCUT2D eigenvalue weighted by molar-refractivity contribution is 0.576. The molecule has 0 saturated carbocycles. The van der Waals surface area contributed by atoms with Crippen molar-refractivity contribution < 1.29 is 0 Å². The summed E-state index contributed by atoms with van der Waals surface area (Å²) in [7, 11) is 0. The number of rotatable bonds is 3. The number of aromatic nitrogens is 3. The molecule has 0 atom stereocenters. The average molecular weight is 252 g/mol. The third-order valence-electron chi connectivity index (χ3n) is 2.52. The summed E-state index contributed by atoms with van der Waals surface area (Å²) < 4.78 is 3.08. The minimum Gasteiger partial charge on any atom is -0.247 e. The number of halogens is 1. The van der Waals surface area contributed by atoms with Gasteiger partial charge in [0, 0.05) is 11.6 Å². The first-order valence-corrected chi connectivity index (χ1v) is 5.93. The predicted molar refractivity (Wildman–Crippen MR) is 67.9 cm³/mol. The van der Waals surface area contributed by atoms with Gasteiger partial charge in [-0.3, -0.25) is 0 Å². The van der Waals surface area contributed by atoms with Crippen molar-refractivity contribution in [1.29, 1.82) is 0 Å². The minimum atomic E-state index is -0.105. The largest absolute Gasteiger partial charge is 0.350 e. The molecule has 0 amide bonds. The molecular weight excluding hydrogens is 238 g/mol. The molecule has 0 aliphatic rings. The third kappa shape index (κ3) is 2.26. The van der Waals surface area contributed by atoms with Crippen LogP contribution in [0, 0.1) is 6.92 Å². The minimum absolute atomic E-state index is 0.105. The zero-order valence-corrected chi connectivity index (χ0v) is 10.6. The predicted octanol–water partition coefficient (Wildman–Crippen LogP) is 2.41. The summed E-state index contributed by atoms with van der Waals surface area (Å²) in [6.07, 6.45) is 0.886. The summed E-state index contributed by atoms with van der Waals surface area (Å²) in [5.74, 6) is 0.686. The monoisotopic (exact) mass is 251 g/mol. The maximum absolute atomic E-state index is 12.1. The smallest absolute Gasteiger partial charge is 0.247 e. The van der Waals surface area contributed by atoms with Crippen molar-refractivity contribution in [3.05, 3.63) is 45.6 Å². The molecule has 0 fully saturated rings. The van der Waals surface area contributed by atoms with Crippen LogP contribution in [0.3, 0.4) is 0 Å². The van der Waals surface area contributed by atoms with E-state index in [0.717, 1.165) is 12.1 Å². The Morgan fingerprint density at radius 2 is 1.94 bits per heavy atom. The Hall–Kier alpha value is -1.55. The van der Waals surface area contributed by atoms with Gasteiger partial charge in [0.1, 0.15) is 5.82 Å². The molecule has 0 aliphatic carbocycles. The Labute approximate surface area is 104 Å². The van der Waals surface area contributed by atoms with Crippen molar-refractivity contribution in [1.82, 2.24) is 14.3 Å². The zero-order valence-electron chi connectivity index (χ0n) is 9.85. The molecule has 4 nitrogen and oxygen atoms in total. The Balaban J connectivity index is 2.52. The second-order valence-corrected chi connectivity index (χ2v) is 4.30. The number of hydrogen-bond acceptors (Lipinski definition) is 2. The normalized spacial score (nSPS) is 10.8. The summed E-state index contributed by atoms with van der Waals surface area (Å²) in [6, 6.07) is 7.16. The molecule has 0 N–H and O–H groups in total. The van der Waals surface area contributed by atoms with Crippen molar-refractivity contribution in [3.63, 3.8) is 0 Å². The number of hydrogen-bond donors (Lipinski definition) is 0. The quantitative estimate of drug-likeness (QED) is 0.841. The van der Waals surface area contributed by atoms with Gasteiger partial charge >= 0.3 is 5.69 Å². The SMILES string of the molecule is CCCn1nc(C)n(-c2ccc(Cl)cc2)c1=O. The molecule has 0 saturated heterocycles. The lowest BCUT2D eigenvalue weighted by Crippen LogP contribution is -2.24. The van der Waals surface area contributed by atoms with Crippen molar-refractivity contribution in [2.45, 2.75) is 26.8 Å². The standard InChI is InChI=1S/C12H14ClN3O/c1-3-8-15-12(17)16(9(2)14-15)11-6-4-10(13)5-7-11/h4-7H,3,8H2,1-2H3. The maximum atomic E-state index is 12.1. The fourth-order valence-corrected chi connectivity index (χ4v) is 1.89. The van der Waals surface area contributed by atoms with Gasteiger partial charge in [0.25, 0.3) is 0 Å². The fraction of sp³-hybridized carbons (Fsp3) is 0.333. The van der Waals surface area contributed by atoms with Crippen LogP contribution in [0.1, 0.15) is 19.2 Å². The molecule has 1 heterocycles. The van der Waals surface area contributed by atoms with Crippen molar-refractivity contribution in [2.75, 3.05) is 0 Å². The first kappa shape index (κ1) is 11.9. The molecule has 5 heteroatoms. The van der Waals surface area contributed by atoms with Gasteiger partial charge in [-0.2, -0.15) is 5.10 Å². The molecule has 1 aromatic carbocycles. The zero-order chi connectivity index (χ0) is 12.4. The van der Waals surface area contributed by atoms with Gasteiger partial charge in [-0.05, 0) is 37.6 Å². The molecule has 2 aromatic rings. The lowest BCUT2D eigenvalue weighted by Gasteiger charge is -2.02. The highest BCUT2D eigenvalue weighted by molar-refractivity contribution is 6.30. The highest BCUT2D eigenvalue weighted by Crippen LogP contribution is 2.12. The Kier molecular flexibility index (Phi) is 3.33. The second kappa shape index (κ2) is 4.75. The summed E-state index contributed by atoms with van der Waals surface area (Å²) in [4.78, 5) is 12.1. The number of benzene rings is 1. The van der Waals surface area contributed by atoms with Crippen molar-refractivity contribution >= 4 is 11.6 Å². The van der Waals surface area contributed by atoms with Gasteiger partial charge in [0.05, 0.1) is 5.69 Å². The molecule has 1 aromatic heterocycles. The van der Waals surface area contributed by atoms with Gasteiger partial charge < -0.3 is 0 Å². The van der Waals surface area contributed by atoms with E-state index in [9.17, 15) is 4.79 Å². The van der Waals surface area contributed by atoms with Crippen LogP contribution in [0.5, 0.6) is 0 Å². The van der Waals surface area contributed by atoms with Crippen molar-refractivity contribution in [2.24, 2.45) is 0 Å². The van der Waals surface area contributed by atoms with E-state index in [1.807, 2.05) is 26.0 Å². The summed E-state index contributed by atoms with van der Waals surface area (Å²) in [5, 5.41) is 4.89. The first-order valence-electron chi connectivity index (χ1n) is 5.56. The second-order valence-electron chi connectivity index (χ2n) is 3.86. The molecule has 0 aliphatic heterocycles. The molecule has 0 spiro atoms. The van der Waals surface area contributed by atoms with Crippen LogP contribution >= 0.6 is 11.6 Å². The van der Waals surface area contributed by atoms with Crippen LogP contribution in [0.15, 0.2) is 29.1 Å². The van der Waals surface area contributed by atoms with Crippen LogP contribution in [-0.4, -0.2) is 14.3 Å². The van der Waals surface area contributed by atoms with Gasteiger partial charge in [-0.1, -0.05) is 18.5 Å². The first-order chi connectivity index (χ1) is 8.13. The van der Waals surface area contributed by atoms with Crippen LogP contribution in [0.4, 0.5) is 0 Å². The number of aryl methyl sites for hydroxylation is 2. The summed E-state index contributed by atoms with van der Waals surface area (Å²) in [5.41, 5.74) is 0.686. The highest BCUT2D eigenvalue weighted by atomic mass is 35.5. The summed E-state index contributed by atoms with van der Waals surface area (Å²) >= 11 is 5.83. The van der Waals surface area contributed by atoms with Crippen LogP contribution in [-0.2, 0) is 6.54 Å². The van der Waals surface area contributed by atoms with Gasteiger partial charge in [0.2, 0.25) is 0 Å². The summed E-state index contributed by atoms with van der Waals surface area (Å²) in [6.45, 7) is 4.48. The topological polar surface area (TPSA) is 39.8 Å². The molecule has 0 unspecified atom stereocenters. The van der Waals surface area contributed by atoms with E-state index in [1.54, 1.807) is 16.7 Å². The van der Waals surface area contributed by atoms with Crippen LogP contribution < -0.4 is 5.69 Å². The van der Waals surface area contributed by atoms with E-state index in [4.69, 9.17) is 11.6 Å². The highest BCUT2D eigenvalue weighted by Gasteiger charge is 2.10. The van der Waals surface area contributed by atoms with Crippen LogP contribution in [0.2, 0.25) is 5.02 Å². The fourth-order valence-electron chi connectivity index (χ4n) is 1.76. The average Bonchev–Trinajstić information content (AvgIpc) is 2.57. The van der Waals surface area contributed by atoms with E-state index in [2.05, 4.69) is 5.10 Å². The van der Waals surface area contributed by atoms with E-state index in [0.29, 0.717) is 17.4 Å². The Morgan fingerprint density at radius 3 is 2.53 bits per heavy atom. The maximum Gasteiger partial charge on any atom is 0.350 e. The third-order valence-corrected chi connectivity index (χ3v) is 2.77. The Bertz CT molecular complexity index is 568. The van der Waals surface area contributed by atoms with E-state index in [-0.39, 0.29) is 5.69 Å². The molecule has 90 valence electrons. The van der Waals surface area contributed by atoms with Gasteiger partial charge in [0.15, 0.2) is 0 Å². The van der Waals surface area contributed by atoms with E-state index < -0.39 is 0 Å². The number of nitrogens with zero attached hydrogens (tertiary/aromatic N) is 3. The molecule has 2 rings (SSSR count). The molecule has 0 bridgehead atoms. The van der Waals surface area contributed by atoms with Gasteiger partial charge in [-0.25, -0.2) is 14.0 Å². The Morgan fingerprint density at radius 1 is 1.29 bits per heavy atom.